The molecule has 0 atom stereocenters. The zero-order valence-corrected chi connectivity index (χ0v) is 31.8. The summed E-state index contributed by atoms with van der Waals surface area (Å²) in [5.74, 6) is -0.958. The molecule has 1 amide bonds. The van der Waals surface area contributed by atoms with E-state index in [9.17, 15) is 18.0 Å². The molecule has 6 rings (SSSR count). The second kappa shape index (κ2) is 14.1. The van der Waals surface area contributed by atoms with Crippen molar-refractivity contribution in [3.63, 3.8) is 0 Å². The van der Waals surface area contributed by atoms with Crippen LogP contribution in [0.1, 0.15) is 62.2 Å². The van der Waals surface area contributed by atoms with Crippen LogP contribution >= 0.6 is 0 Å². The van der Waals surface area contributed by atoms with E-state index in [4.69, 9.17) is 14.2 Å². The van der Waals surface area contributed by atoms with Crippen molar-refractivity contribution in [2.75, 3.05) is 20.8 Å². The first-order valence-electron chi connectivity index (χ1n) is 17.1. The third-order valence-electron chi connectivity index (χ3n) is 8.95. The fraction of sp³-hybridized carbons (Fsp3) is 0.300. The van der Waals surface area contributed by atoms with Gasteiger partial charge in [-0.1, -0.05) is 31.5 Å². The molecule has 0 saturated carbocycles. The maximum atomic E-state index is 15.9. The van der Waals surface area contributed by atoms with Gasteiger partial charge in [0.25, 0.3) is 10.0 Å². The Kier molecular flexibility index (Phi) is 9.90. The molecule has 0 spiro atoms. The van der Waals surface area contributed by atoms with Crippen LogP contribution in [0.3, 0.4) is 0 Å². The van der Waals surface area contributed by atoms with Gasteiger partial charge in [-0.15, -0.1) is 0 Å². The van der Waals surface area contributed by atoms with E-state index in [0.717, 1.165) is 20.4 Å². The van der Waals surface area contributed by atoms with Crippen molar-refractivity contribution >= 4 is 43.9 Å². The van der Waals surface area contributed by atoms with Crippen LogP contribution in [0.4, 0.5) is 9.18 Å². The number of hydrogen-bond acceptors (Lipinski definition) is 7. The molecule has 0 saturated heterocycles. The van der Waals surface area contributed by atoms with E-state index in [1.54, 1.807) is 55.7 Å². The van der Waals surface area contributed by atoms with E-state index in [1.807, 2.05) is 43.7 Å². The molecule has 11 nitrogen and oxygen atoms in total. The van der Waals surface area contributed by atoms with E-state index in [2.05, 4.69) is 5.32 Å². The second-order valence-corrected chi connectivity index (χ2v) is 16.0. The SMILES string of the molecule is COC(=O)c1cc(C(C)C)c(-c2cc(F)cc3c2ccn3S(=O)(=O)c2ccc(C)cc2)n1-c1cc(OC)cc2c1ccn2CCNC(=O)OC(C)(C)C. The first-order chi connectivity index (χ1) is 25.0. The quantitative estimate of drug-likeness (QED) is 0.141. The van der Waals surface area contributed by atoms with Crippen LogP contribution in [-0.4, -0.2) is 60.0 Å². The lowest BCUT2D eigenvalue weighted by Gasteiger charge is -2.20. The van der Waals surface area contributed by atoms with Gasteiger partial charge >= 0.3 is 12.1 Å². The Bertz CT molecular complexity index is 2470. The molecule has 3 heterocycles. The number of fused-ring (bicyclic) bond motifs is 2. The fourth-order valence-corrected chi connectivity index (χ4v) is 7.84. The van der Waals surface area contributed by atoms with E-state index in [1.165, 1.54) is 44.7 Å². The average Bonchev–Trinajstić information content (AvgIpc) is 3.82. The van der Waals surface area contributed by atoms with Gasteiger partial charge in [-0.2, -0.15) is 0 Å². The second-order valence-electron chi connectivity index (χ2n) is 14.1. The topological polar surface area (TPSA) is 123 Å². The number of aromatic nitrogens is 3. The lowest BCUT2D eigenvalue weighted by atomic mass is 9.96. The maximum absolute atomic E-state index is 15.9. The number of halogens is 1. The molecule has 3 aromatic heterocycles. The van der Waals surface area contributed by atoms with Gasteiger partial charge in [0.2, 0.25) is 0 Å². The van der Waals surface area contributed by atoms with Crippen LogP contribution in [-0.2, 0) is 26.0 Å². The Hall–Kier alpha value is -5.56. The van der Waals surface area contributed by atoms with Crippen molar-refractivity contribution in [1.29, 1.82) is 0 Å². The minimum atomic E-state index is -4.10. The Morgan fingerprint density at radius 3 is 2.25 bits per heavy atom. The summed E-state index contributed by atoms with van der Waals surface area (Å²) in [4.78, 5) is 26.0. The summed E-state index contributed by atoms with van der Waals surface area (Å²) in [6, 6.07) is 17.9. The number of carbonyl (C=O) groups excluding carboxylic acids is 2. The number of methoxy groups -OCH3 is 2. The Morgan fingerprint density at radius 1 is 0.906 bits per heavy atom. The molecule has 0 bridgehead atoms. The number of esters is 1. The van der Waals surface area contributed by atoms with Crippen LogP contribution in [0.5, 0.6) is 5.75 Å². The zero-order chi connectivity index (χ0) is 38.4. The van der Waals surface area contributed by atoms with Gasteiger partial charge in [0, 0.05) is 54.0 Å². The predicted molar refractivity (Wildman–Crippen MR) is 202 cm³/mol. The summed E-state index contributed by atoms with van der Waals surface area (Å²) in [6.07, 6.45) is 2.75. The summed E-state index contributed by atoms with van der Waals surface area (Å²) < 4.78 is 64.8. The van der Waals surface area contributed by atoms with Crippen LogP contribution in [0, 0.1) is 12.7 Å². The molecule has 13 heteroatoms. The fourth-order valence-electron chi connectivity index (χ4n) is 6.51. The van der Waals surface area contributed by atoms with Crippen molar-refractivity contribution in [2.24, 2.45) is 0 Å². The molecule has 0 radical (unpaired) electrons. The van der Waals surface area contributed by atoms with Gasteiger partial charge in [0.15, 0.2) is 0 Å². The first-order valence-corrected chi connectivity index (χ1v) is 18.6. The summed E-state index contributed by atoms with van der Waals surface area (Å²) in [7, 11) is -1.27. The summed E-state index contributed by atoms with van der Waals surface area (Å²) in [6.45, 7) is 11.8. The van der Waals surface area contributed by atoms with Gasteiger partial charge < -0.3 is 28.7 Å². The van der Waals surface area contributed by atoms with Gasteiger partial charge in [-0.3, -0.25) is 0 Å². The molecule has 0 aliphatic carbocycles. The van der Waals surface area contributed by atoms with Crippen LogP contribution in [0.15, 0.2) is 84.0 Å². The highest BCUT2D eigenvalue weighted by Gasteiger charge is 2.29. The van der Waals surface area contributed by atoms with Gasteiger partial charge in [0.1, 0.15) is 22.9 Å². The predicted octanol–water partition coefficient (Wildman–Crippen LogP) is 8.18. The molecule has 1 N–H and O–H groups in total. The smallest absolute Gasteiger partial charge is 0.407 e. The zero-order valence-electron chi connectivity index (χ0n) is 31.0. The molecule has 53 heavy (non-hydrogen) atoms. The number of nitrogens with zero attached hydrogens (tertiary/aromatic N) is 3. The molecule has 0 unspecified atom stereocenters. The lowest BCUT2D eigenvalue weighted by Crippen LogP contribution is -2.34. The third kappa shape index (κ3) is 7.13. The van der Waals surface area contributed by atoms with Crippen LogP contribution in [0.25, 0.3) is 38.8 Å². The van der Waals surface area contributed by atoms with E-state index in [-0.39, 0.29) is 28.6 Å². The number of nitrogens with one attached hydrogen (secondary N) is 1. The monoisotopic (exact) mass is 742 g/mol. The lowest BCUT2D eigenvalue weighted by molar-refractivity contribution is 0.0524. The summed E-state index contributed by atoms with van der Waals surface area (Å²) >= 11 is 0. The number of hydrogen-bond donors (Lipinski definition) is 1. The molecule has 0 aliphatic rings. The summed E-state index contributed by atoms with van der Waals surface area (Å²) in [5, 5.41) is 3.97. The van der Waals surface area contributed by atoms with E-state index < -0.39 is 33.5 Å². The van der Waals surface area contributed by atoms with Crippen molar-refractivity contribution in [3.05, 3.63) is 102 Å². The van der Waals surface area contributed by atoms with E-state index >= 15 is 4.39 Å². The highest BCUT2D eigenvalue weighted by Crippen LogP contribution is 2.42. The number of alkyl carbamates (subject to hydrolysis) is 1. The molecular formula is C40H43FN4O7S. The van der Waals surface area contributed by atoms with Gasteiger partial charge in [-0.05, 0) is 81.6 Å². The van der Waals surface area contributed by atoms with Crippen molar-refractivity contribution < 1.29 is 36.6 Å². The Labute approximate surface area is 307 Å². The van der Waals surface area contributed by atoms with Crippen molar-refractivity contribution in [1.82, 2.24) is 18.4 Å². The molecule has 6 aromatic rings. The number of rotatable bonds is 10. The minimum Gasteiger partial charge on any atom is -0.497 e. The standard InChI is InChI=1S/C40H43FN4O7S/c1-24(2)31-23-36(38(46)51-8)45(35-22-27(50-7)21-33-30(35)13-16-43(33)18-15-42-39(47)52-40(4,5)6)37(31)32-19-26(41)20-34-29(32)14-17-44(34)53(48,49)28-11-9-25(3)10-12-28/h9-14,16-17,19-24H,15,18H2,1-8H3,(H,42,47). The Balaban J connectivity index is 1.58. The van der Waals surface area contributed by atoms with Crippen molar-refractivity contribution in [2.45, 2.75) is 64.5 Å². The van der Waals surface area contributed by atoms with Crippen LogP contribution in [0.2, 0.25) is 0 Å². The number of aryl methyl sites for hydroxylation is 1. The van der Waals surface area contributed by atoms with Crippen LogP contribution < -0.4 is 10.1 Å². The molecule has 3 aromatic carbocycles. The molecule has 0 fully saturated rings. The third-order valence-corrected chi connectivity index (χ3v) is 10.7. The first kappa shape index (κ1) is 37.2. The highest BCUT2D eigenvalue weighted by molar-refractivity contribution is 7.90. The normalized spacial score (nSPS) is 12.1. The number of ether oxygens (including phenoxy) is 3. The molecule has 278 valence electrons. The number of carbonyl (C=O) groups is 2. The highest BCUT2D eigenvalue weighted by atomic mass is 32.2. The minimum absolute atomic E-state index is 0.0650. The molecular weight excluding hydrogens is 700 g/mol. The largest absolute Gasteiger partial charge is 0.497 e. The number of amides is 1. The summed E-state index contributed by atoms with van der Waals surface area (Å²) in [5.41, 5.74) is 3.46. The average molecular weight is 743 g/mol. The Morgan fingerprint density at radius 2 is 1.60 bits per heavy atom. The number of benzene rings is 3. The maximum Gasteiger partial charge on any atom is 0.407 e. The van der Waals surface area contributed by atoms with Gasteiger partial charge in [0.05, 0.1) is 41.5 Å². The van der Waals surface area contributed by atoms with Gasteiger partial charge in [-0.25, -0.2) is 26.4 Å². The van der Waals surface area contributed by atoms with E-state index in [0.29, 0.717) is 40.2 Å². The molecule has 0 aliphatic heterocycles. The van der Waals surface area contributed by atoms with Crippen molar-refractivity contribution in [3.8, 4) is 22.7 Å².